The van der Waals surface area contributed by atoms with Gasteiger partial charge in [-0.15, -0.1) is 0 Å². The van der Waals surface area contributed by atoms with Gasteiger partial charge >= 0.3 is 0 Å². The predicted octanol–water partition coefficient (Wildman–Crippen LogP) is 1.76. The summed E-state index contributed by atoms with van der Waals surface area (Å²) in [5.41, 5.74) is 0.569. The van der Waals surface area contributed by atoms with Crippen LogP contribution in [0.2, 0.25) is 5.82 Å². The molecule has 0 atom stereocenters. The van der Waals surface area contributed by atoms with Gasteiger partial charge in [0.25, 0.3) is 0 Å². The maximum atomic E-state index is 5.55. The molecule has 0 saturated heterocycles. The predicted molar refractivity (Wildman–Crippen MR) is 32.5 cm³/mol. The summed E-state index contributed by atoms with van der Waals surface area (Å²) in [6.45, 7) is 4.52. The Bertz CT molecular complexity index is 68.2. The summed E-state index contributed by atoms with van der Waals surface area (Å²) in [6, 6.07) is 0. The highest BCUT2D eigenvalue weighted by Gasteiger charge is 2.31. The summed E-state index contributed by atoms with van der Waals surface area (Å²) in [5, 5.41) is 0. The first-order valence-electron chi connectivity index (χ1n) is 2.86. The first kappa shape index (κ1) is 5.21. The Balaban J connectivity index is 2.29. The van der Waals surface area contributed by atoms with Gasteiger partial charge in [-0.05, 0) is 5.41 Å². The second-order valence-corrected chi connectivity index (χ2v) is 3.33. The third kappa shape index (κ3) is 0.989. The monoisotopic (exact) mass is 94.1 g/mol. The van der Waals surface area contributed by atoms with E-state index in [0.717, 1.165) is 0 Å². The molecule has 0 amide bonds. The van der Waals surface area contributed by atoms with Gasteiger partial charge in [-0.2, -0.15) is 0 Å². The van der Waals surface area contributed by atoms with Crippen molar-refractivity contribution in [3.8, 4) is 0 Å². The van der Waals surface area contributed by atoms with Crippen LogP contribution in [0.4, 0.5) is 0 Å². The van der Waals surface area contributed by atoms with Crippen LogP contribution in [0.15, 0.2) is 0 Å². The van der Waals surface area contributed by atoms with Crippen molar-refractivity contribution in [2.75, 3.05) is 0 Å². The van der Waals surface area contributed by atoms with Crippen molar-refractivity contribution in [1.82, 2.24) is 0 Å². The van der Waals surface area contributed by atoms with E-state index in [9.17, 15) is 0 Å². The van der Waals surface area contributed by atoms with E-state index in [1.54, 1.807) is 0 Å². The van der Waals surface area contributed by atoms with Crippen LogP contribution in [0.3, 0.4) is 0 Å². The largest absolute Gasteiger partial charge is 0.0764 e. The molecule has 38 valence electrons. The molecule has 0 unspecified atom stereocenters. The highest BCUT2D eigenvalue weighted by atomic mass is 14.3. The van der Waals surface area contributed by atoms with Crippen molar-refractivity contribution in [3.63, 3.8) is 0 Å². The standard InChI is InChI=1S/C6H11B/c1-6(2)3-5(7)4-6/h5H,3-4H2,1-2H3. The van der Waals surface area contributed by atoms with Gasteiger partial charge in [0.15, 0.2) is 0 Å². The first-order valence-corrected chi connectivity index (χ1v) is 2.86. The van der Waals surface area contributed by atoms with Crippen molar-refractivity contribution in [1.29, 1.82) is 0 Å². The van der Waals surface area contributed by atoms with Gasteiger partial charge in [0.05, 0.1) is 7.85 Å². The Labute approximate surface area is 46.7 Å². The van der Waals surface area contributed by atoms with Crippen LogP contribution >= 0.6 is 0 Å². The van der Waals surface area contributed by atoms with Crippen molar-refractivity contribution in [2.24, 2.45) is 5.41 Å². The molecular weight excluding hydrogens is 82.9 g/mol. The smallest absolute Gasteiger partial charge is 0.0700 e. The van der Waals surface area contributed by atoms with E-state index in [2.05, 4.69) is 13.8 Å². The summed E-state index contributed by atoms with van der Waals surface area (Å²) < 4.78 is 0. The Morgan fingerprint density at radius 2 is 1.86 bits per heavy atom. The highest BCUT2D eigenvalue weighted by Crippen LogP contribution is 2.46. The van der Waals surface area contributed by atoms with E-state index in [1.165, 1.54) is 12.8 Å². The summed E-state index contributed by atoms with van der Waals surface area (Å²) in [7, 11) is 5.55. The Hall–Kier alpha value is 0.0649. The van der Waals surface area contributed by atoms with Gasteiger partial charge in [0.1, 0.15) is 0 Å². The quantitative estimate of drug-likeness (QED) is 0.401. The molecule has 2 radical (unpaired) electrons. The normalized spacial score (nSPS) is 29.4. The molecule has 1 rings (SSSR count). The Morgan fingerprint density at radius 3 is 1.86 bits per heavy atom. The van der Waals surface area contributed by atoms with Crippen LogP contribution in [0, 0.1) is 5.41 Å². The van der Waals surface area contributed by atoms with E-state index in [1.807, 2.05) is 0 Å². The van der Waals surface area contributed by atoms with Gasteiger partial charge in [0, 0.05) is 0 Å². The molecule has 0 nitrogen and oxygen atoms in total. The minimum absolute atomic E-state index is 0.509. The zero-order valence-corrected chi connectivity index (χ0v) is 5.07. The second kappa shape index (κ2) is 1.27. The molecule has 1 saturated carbocycles. The summed E-state index contributed by atoms with van der Waals surface area (Å²) in [4.78, 5) is 0. The molecule has 1 fully saturated rings. The molecule has 0 aromatic rings. The van der Waals surface area contributed by atoms with Crippen molar-refractivity contribution >= 4 is 7.85 Å². The van der Waals surface area contributed by atoms with Crippen molar-refractivity contribution in [2.45, 2.75) is 32.5 Å². The second-order valence-electron chi connectivity index (χ2n) is 3.33. The van der Waals surface area contributed by atoms with E-state index in [-0.39, 0.29) is 0 Å². The topological polar surface area (TPSA) is 0 Å². The van der Waals surface area contributed by atoms with Gasteiger partial charge in [-0.3, -0.25) is 0 Å². The molecule has 0 bridgehead atoms. The number of rotatable bonds is 0. The van der Waals surface area contributed by atoms with Crippen molar-refractivity contribution in [3.05, 3.63) is 0 Å². The van der Waals surface area contributed by atoms with Gasteiger partial charge in [-0.1, -0.05) is 32.5 Å². The average Bonchev–Trinajstić information content (AvgIpc) is 1.27. The molecule has 1 heteroatoms. The minimum atomic E-state index is 0.509. The summed E-state index contributed by atoms with van der Waals surface area (Å²) in [6.07, 6.45) is 2.43. The molecule has 0 heterocycles. The summed E-state index contributed by atoms with van der Waals surface area (Å²) in [5.74, 6) is 0.509. The van der Waals surface area contributed by atoms with Crippen LogP contribution in [-0.2, 0) is 0 Å². The third-order valence-corrected chi connectivity index (χ3v) is 1.63. The SMILES string of the molecule is [B]C1CC(C)(C)C1. The lowest BCUT2D eigenvalue weighted by molar-refractivity contribution is 0.192. The lowest BCUT2D eigenvalue weighted by Crippen LogP contribution is -2.27. The van der Waals surface area contributed by atoms with Crippen molar-refractivity contribution < 1.29 is 0 Å². The van der Waals surface area contributed by atoms with E-state index >= 15 is 0 Å². The number of hydrogen-bond donors (Lipinski definition) is 0. The highest BCUT2D eigenvalue weighted by molar-refractivity contribution is 6.12. The lowest BCUT2D eigenvalue weighted by Gasteiger charge is -2.41. The average molecular weight is 94.0 g/mol. The zero-order valence-electron chi connectivity index (χ0n) is 5.07. The Morgan fingerprint density at radius 1 is 1.43 bits per heavy atom. The zero-order chi connectivity index (χ0) is 5.49. The molecule has 0 aliphatic heterocycles. The third-order valence-electron chi connectivity index (χ3n) is 1.63. The molecule has 7 heavy (non-hydrogen) atoms. The van der Waals surface area contributed by atoms with Crippen LogP contribution in [-0.4, -0.2) is 7.85 Å². The molecule has 0 N–H and O–H groups in total. The maximum Gasteiger partial charge on any atom is 0.0700 e. The molecule has 0 spiro atoms. The van der Waals surface area contributed by atoms with Crippen LogP contribution < -0.4 is 0 Å². The molecular formula is C6H11B. The van der Waals surface area contributed by atoms with Crippen LogP contribution in [0.25, 0.3) is 0 Å². The molecule has 1 aliphatic carbocycles. The fraction of sp³-hybridized carbons (Fsp3) is 1.00. The van der Waals surface area contributed by atoms with Crippen LogP contribution in [0.1, 0.15) is 26.7 Å². The van der Waals surface area contributed by atoms with E-state index in [4.69, 9.17) is 7.85 Å². The minimum Gasteiger partial charge on any atom is -0.0764 e. The van der Waals surface area contributed by atoms with E-state index < -0.39 is 0 Å². The lowest BCUT2D eigenvalue weighted by atomic mass is 9.57. The van der Waals surface area contributed by atoms with Crippen LogP contribution in [0.5, 0.6) is 0 Å². The van der Waals surface area contributed by atoms with E-state index in [0.29, 0.717) is 11.2 Å². The molecule has 0 aromatic heterocycles. The Kier molecular flexibility index (Phi) is 0.945. The number of hydrogen-bond acceptors (Lipinski definition) is 0. The fourth-order valence-corrected chi connectivity index (χ4v) is 1.36. The van der Waals surface area contributed by atoms with Gasteiger partial charge in [0.2, 0.25) is 0 Å². The first-order chi connectivity index (χ1) is 3.10. The summed E-state index contributed by atoms with van der Waals surface area (Å²) >= 11 is 0. The molecule has 1 aliphatic rings. The van der Waals surface area contributed by atoms with Gasteiger partial charge < -0.3 is 0 Å². The maximum absolute atomic E-state index is 5.55. The van der Waals surface area contributed by atoms with Gasteiger partial charge in [-0.25, -0.2) is 0 Å². The fourth-order valence-electron chi connectivity index (χ4n) is 1.36. The molecule has 0 aromatic carbocycles.